The van der Waals surface area contributed by atoms with Crippen molar-refractivity contribution in [2.45, 2.75) is 68.0 Å². The molecule has 5 atom stereocenters. The van der Waals surface area contributed by atoms with Crippen LogP contribution in [0.1, 0.15) is 37.7 Å². The fourth-order valence-corrected chi connectivity index (χ4v) is 5.83. The van der Waals surface area contributed by atoms with E-state index in [1.54, 1.807) is 0 Å². The lowest BCUT2D eigenvalue weighted by atomic mass is 10.1. The molecule has 7 N–H and O–H groups in total. The van der Waals surface area contributed by atoms with Crippen molar-refractivity contribution in [1.29, 1.82) is 0 Å². The molecule has 18 heteroatoms. The monoisotopic (exact) mass is 590 g/mol. The van der Waals surface area contributed by atoms with Crippen LogP contribution in [0.15, 0.2) is 21.6 Å². The van der Waals surface area contributed by atoms with E-state index in [0.717, 1.165) is 31.7 Å². The zero-order valence-electron chi connectivity index (χ0n) is 20.4. The van der Waals surface area contributed by atoms with Crippen LogP contribution in [0.5, 0.6) is 0 Å². The van der Waals surface area contributed by atoms with Crippen molar-refractivity contribution < 1.29 is 43.7 Å². The number of hydrogen-bond donors (Lipinski definition) is 7. The predicted molar refractivity (Wildman–Crippen MR) is 133 cm³/mol. The van der Waals surface area contributed by atoms with Crippen LogP contribution in [0.4, 0.5) is 5.82 Å². The number of H-pyrrole nitrogens is 1. The summed E-state index contributed by atoms with van der Waals surface area (Å²) in [5.74, 6) is 0.298. The highest BCUT2D eigenvalue weighted by Gasteiger charge is 2.52. The first kappa shape index (κ1) is 28.1. The Kier molecular flexibility index (Phi) is 7.85. The molecule has 3 aromatic heterocycles. The van der Waals surface area contributed by atoms with Crippen LogP contribution < -0.4 is 10.9 Å². The molecule has 16 nitrogen and oxygen atoms in total. The summed E-state index contributed by atoms with van der Waals surface area (Å²) in [5, 5.41) is 38.9. The third-order valence-corrected chi connectivity index (χ3v) is 8.68. The topological polar surface area (TPSA) is 238 Å². The molecule has 1 unspecified atom stereocenters. The van der Waals surface area contributed by atoms with Crippen LogP contribution in [0, 0.1) is 0 Å². The SMILES string of the molecule is O=c1cc(CC(CO)(OC[C@H]2O[C@@H](n3ncc4c(NC5CCCC5)nc(Cl)nc43)[C@H](O)[C@@H]2O)P(=O)(O)O)o[nH]1. The molecule has 0 spiro atoms. The number of anilines is 1. The van der Waals surface area contributed by atoms with Gasteiger partial charge in [0.25, 0.3) is 5.56 Å². The molecular formula is C21H28ClN6O10P. The van der Waals surface area contributed by atoms with Gasteiger partial charge in [0.05, 0.1) is 31.2 Å². The van der Waals surface area contributed by atoms with E-state index in [1.807, 2.05) is 5.16 Å². The van der Waals surface area contributed by atoms with Gasteiger partial charge in [-0.05, 0) is 24.4 Å². The maximum Gasteiger partial charge on any atom is 0.359 e. The number of aliphatic hydroxyl groups is 3. The van der Waals surface area contributed by atoms with Crippen molar-refractivity contribution in [3.05, 3.63) is 33.7 Å². The molecule has 1 aliphatic carbocycles. The van der Waals surface area contributed by atoms with Crippen LogP contribution in [-0.2, 0) is 20.5 Å². The number of halogens is 1. The van der Waals surface area contributed by atoms with Crippen LogP contribution in [-0.4, -0.2) is 92.9 Å². The number of aliphatic hydroxyl groups excluding tert-OH is 3. The van der Waals surface area contributed by atoms with Crippen molar-refractivity contribution in [2.75, 3.05) is 18.5 Å². The van der Waals surface area contributed by atoms with E-state index in [0.29, 0.717) is 11.2 Å². The molecular weight excluding hydrogens is 563 g/mol. The normalized spacial score (nSPS) is 25.9. The Morgan fingerprint density at radius 1 is 1.26 bits per heavy atom. The average Bonchev–Trinajstić information content (AvgIpc) is 3.67. The number of aromatic nitrogens is 5. The fraction of sp³-hybridized carbons (Fsp3) is 0.619. The van der Waals surface area contributed by atoms with Crippen molar-refractivity contribution in [3.8, 4) is 0 Å². The quantitative estimate of drug-likeness (QED) is 0.120. The highest BCUT2D eigenvalue weighted by atomic mass is 35.5. The molecule has 214 valence electrons. The maximum atomic E-state index is 12.3. The van der Waals surface area contributed by atoms with E-state index >= 15 is 0 Å². The molecule has 1 saturated carbocycles. The third-order valence-electron chi connectivity index (χ3n) is 7.02. The summed E-state index contributed by atoms with van der Waals surface area (Å²) >= 11 is 6.16. The highest BCUT2D eigenvalue weighted by molar-refractivity contribution is 7.53. The van der Waals surface area contributed by atoms with E-state index in [9.17, 15) is 34.5 Å². The Bertz CT molecular complexity index is 1420. The van der Waals surface area contributed by atoms with Gasteiger partial charge in [0.1, 0.15) is 29.9 Å². The Labute approximate surface area is 225 Å². The zero-order valence-corrected chi connectivity index (χ0v) is 22.0. The van der Waals surface area contributed by atoms with Gasteiger partial charge in [0.2, 0.25) is 5.28 Å². The van der Waals surface area contributed by atoms with Crippen LogP contribution in [0.25, 0.3) is 11.0 Å². The Morgan fingerprint density at radius 2 is 2.00 bits per heavy atom. The zero-order chi connectivity index (χ0) is 27.9. The molecule has 2 fully saturated rings. The Morgan fingerprint density at radius 3 is 2.64 bits per heavy atom. The lowest BCUT2D eigenvalue weighted by molar-refractivity contribution is -0.110. The van der Waals surface area contributed by atoms with Gasteiger partial charge in [0.15, 0.2) is 17.2 Å². The lowest BCUT2D eigenvalue weighted by Gasteiger charge is -2.32. The maximum absolute atomic E-state index is 12.3. The lowest BCUT2D eigenvalue weighted by Crippen LogP contribution is -2.43. The van der Waals surface area contributed by atoms with Crippen LogP contribution in [0.2, 0.25) is 5.28 Å². The average molecular weight is 591 g/mol. The molecule has 5 rings (SSSR count). The predicted octanol–water partition coefficient (Wildman–Crippen LogP) is -0.140. The minimum atomic E-state index is -5.18. The number of nitrogens with zero attached hydrogens (tertiary/aromatic N) is 4. The van der Waals surface area contributed by atoms with Crippen molar-refractivity contribution in [3.63, 3.8) is 0 Å². The van der Waals surface area contributed by atoms with E-state index < -0.39 is 62.7 Å². The van der Waals surface area contributed by atoms with E-state index in [4.69, 9.17) is 25.6 Å². The Balaban J connectivity index is 1.36. The smallest absolute Gasteiger partial charge is 0.359 e. The van der Waals surface area contributed by atoms with Gasteiger partial charge in [-0.2, -0.15) is 20.2 Å². The van der Waals surface area contributed by atoms with Crippen molar-refractivity contribution in [2.24, 2.45) is 0 Å². The molecule has 3 aromatic rings. The second kappa shape index (κ2) is 10.9. The van der Waals surface area contributed by atoms with Crippen molar-refractivity contribution in [1.82, 2.24) is 24.9 Å². The molecule has 39 heavy (non-hydrogen) atoms. The van der Waals surface area contributed by atoms with Gasteiger partial charge in [-0.1, -0.05) is 12.8 Å². The molecule has 1 aliphatic heterocycles. The largest absolute Gasteiger partial charge is 0.393 e. The molecule has 0 radical (unpaired) electrons. The number of rotatable bonds is 10. The highest BCUT2D eigenvalue weighted by Crippen LogP contribution is 2.53. The summed E-state index contributed by atoms with van der Waals surface area (Å²) in [6.07, 6.45) is -0.703. The van der Waals surface area contributed by atoms with E-state index in [-0.39, 0.29) is 22.7 Å². The summed E-state index contributed by atoms with van der Waals surface area (Å²) in [6.45, 7) is -1.81. The molecule has 4 heterocycles. The van der Waals surface area contributed by atoms with Gasteiger partial charge in [-0.3, -0.25) is 9.36 Å². The third kappa shape index (κ3) is 5.49. The van der Waals surface area contributed by atoms with Gasteiger partial charge < -0.3 is 44.4 Å². The first-order valence-corrected chi connectivity index (χ1v) is 14.2. The number of ether oxygens (including phenoxy) is 2. The minimum absolute atomic E-state index is 0.0663. The molecule has 2 aliphatic rings. The van der Waals surface area contributed by atoms with Gasteiger partial charge in [-0.25, -0.2) is 4.68 Å². The van der Waals surface area contributed by atoms with Gasteiger partial charge in [-0.15, -0.1) is 0 Å². The number of hydrogen-bond acceptors (Lipinski definition) is 12. The van der Waals surface area contributed by atoms with E-state index in [2.05, 4.69) is 20.4 Å². The van der Waals surface area contributed by atoms with Gasteiger partial charge >= 0.3 is 7.60 Å². The van der Waals surface area contributed by atoms with Crippen LogP contribution in [0.3, 0.4) is 0 Å². The first-order valence-electron chi connectivity index (χ1n) is 12.2. The van der Waals surface area contributed by atoms with Crippen LogP contribution >= 0.6 is 19.2 Å². The molecule has 0 aromatic carbocycles. The number of aromatic amines is 1. The second-order valence-corrected chi connectivity index (χ2v) is 11.9. The summed E-state index contributed by atoms with van der Waals surface area (Å²) in [4.78, 5) is 39.8. The van der Waals surface area contributed by atoms with E-state index in [1.165, 1.54) is 10.9 Å². The molecule has 1 saturated heterocycles. The number of nitrogens with one attached hydrogen (secondary N) is 2. The first-order chi connectivity index (χ1) is 18.5. The summed E-state index contributed by atoms with van der Waals surface area (Å²) in [7, 11) is -5.18. The summed E-state index contributed by atoms with van der Waals surface area (Å²) in [6, 6.07) is 1.18. The van der Waals surface area contributed by atoms with Gasteiger partial charge in [0, 0.05) is 12.1 Å². The fourth-order valence-electron chi connectivity index (χ4n) is 4.88. The minimum Gasteiger partial charge on any atom is -0.393 e. The summed E-state index contributed by atoms with van der Waals surface area (Å²) < 4.78 is 29.7. The van der Waals surface area contributed by atoms with Crippen molar-refractivity contribution >= 4 is 36.0 Å². The Hall–Kier alpha value is -2.40. The molecule has 0 bridgehead atoms. The second-order valence-electron chi connectivity index (χ2n) is 9.65. The summed E-state index contributed by atoms with van der Waals surface area (Å²) in [5.41, 5.74) is -0.421. The standard InChI is InChI=1S/C21H28ClN6O10P/c22-20-25-17(24-10-3-1-2-4-10)12-7-23-28(18(12)26-20)19-16(32)15(31)13(37-19)8-36-21(9-29,39(33,34)35)6-11-5-14(30)27-38-11/h5,7,10,13,15-16,19,29,31-32H,1-4,6,8-9H2,(H,27,30)(H,24,25,26)(H2,33,34,35)/t13-,15-,16-,19-,21?/m1/s1. The molecule has 0 amide bonds. The number of fused-ring (bicyclic) bond motifs is 1.